The summed E-state index contributed by atoms with van der Waals surface area (Å²) in [5, 5.41) is 9.34. The van der Waals surface area contributed by atoms with Crippen LogP contribution in [0.15, 0.2) is 18.2 Å². The first-order chi connectivity index (χ1) is 6.56. The van der Waals surface area contributed by atoms with Crippen LogP contribution in [0.5, 0.6) is 5.75 Å². The van der Waals surface area contributed by atoms with Gasteiger partial charge in [-0.1, -0.05) is 12.1 Å². The predicted octanol–water partition coefficient (Wildman–Crippen LogP) is 1.38. The van der Waals surface area contributed by atoms with Crippen LogP contribution in [-0.2, 0) is 0 Å². The third-order valence-electron chi connectivity index (χ3n) is 2.32. The van der Waals surface area contributed by atoms with Crippen molar-refractivity contribution in [3.63, 3.8) is 0 Å². The molecule has 0 aliphatic rings. The fraction of sp³-hybridized carbons (Fsp3) is 0.455. The van der Waals surface area contributed by atoms with E-state index in [0.717, 1.165) is 16.9 Å². The summed E-state index contributed by atoms with van der Waals surface area (Å²) in [6, 6.07) is 5.35. The molecule has 0 unspecified atom stereocenters. The normalized spacial score (nSPS) is 14.9. The van der Waals surface area contributed by atoms with Crippen molar-refractivity contribution in [2.24, 2.45) is 5.73 Å². The highest BCUT2D eigenvalue weighted by molar-refractivity contribution is 5.37. The Kier molecular flexibility index (Phi) is 3.49. The molecule has 78 valence electrons. The number of aliphatic hydroxyl groups excluding tert-OH is 1. The highest BCUT2D eigenvalue weighted by Gasteiger charge is 2.12. The molecule has 0 radical (unpaired) electrons. The molecule has 0 spiro atoms. The fourth-order valence-electron chi connectivity index (χ4n) is 1.39. The molecule has 0 heterocycles. The molecule has 14 heavy (non-hydrogen) atoms. The Balaban J connectivity index is 2.96. The van der Waals surface area contributed by atoms with Gasteiger partial charge in [0.05, 0.1) is 19.3 Å². The van der Waals surface area contributed by atoms with Crippen LogP contribution in [0.2, 0.25) is 0 Å². The quantitative estimate of drug-likeness (QED) is 0.766. The van der Waals surface area contributed by atoms with E-state index in [1.807, 2.05) is 25.1 Å². The summed E-state index contributed by atoms with van der Waals surface area (Å²) in [4.78, 5) is 0. The topological polar surface area (TPSA) is 55.5 Å². The van der Waals surface area contributed by atoms with Crippen LogP contribution in [-0.4, -0.2) is 18.3 Å². The van der Waals surface area contributed by atoms with Crippen molar-refractivity contribution < 1.29 is 9.84 Å². The van der Waals surface area contributed by atoms with Gasteiger partial charge in [0.15, 0.2) is 0 Å². The van der Waals surface area contributed by atoms with Gasteiger partial charge in [-0.15, -0.1) is 0 Å². The third-order valence-corrected chi connectivity index (χ3v) is 2.32. The first-order valence-corrected chi connectivity index (χ1v) is 4.64. The number of nitrogens with two attached hydrogens (primary N) is 1. The maximum Gasteiger partial charge on any atom is 0.121 e. The SMILES string of the molecule is COc1ccc([C@H](N)[C@H](C)O)cc1C. The number of ether oxygens (including phenoxy) is 1. The van der Waals surface area contributed by atoms with Gasteiger partial charge < -0.3 is 15.6 Å². The van der Waals surface area contributed by atoms with Crippen LogP contribution < -0.4 is 10.5 Å². The number of methoxy groups -OCH3 is 1. The molecule has 3 nitrogen and oxygen atoms in total. The molecule has 1 aromatic carbocycles. The fourth-order valence-corrected chi connectivity index (χ4v) is 1.39. The van der Waals surface area contributed by atoms with Crippen LogP contribution >= 0.6 is 0 Å². The molecular formula is C11H17NO2. The molecule has 2 atom stereocenters. The Morgan fingerprint density at radius 3 is 2.50 bits per heavy atom. The largest absolute Gasteiger partial charge is 0.496 e. The summed E-state index contributed by atoms with van der Waals surface area (Å²) in [7, 11) is 1.64. The molecule has 0 saturated carbocycles. The molecule has 3 heteroatoms. The van der Waals surface area contributed by atoms with Crippen molar-refractivity contribution in [2.75, 3.05) is 7.11 Å². The first kappa shape index (κ1) is 11.0. The summed E-state index contributed by atoms with van der Waals surface area (Å²) in [5.74, 6) is 0.839. The second-order valence-electron chi connectivity index (χ2n) is 3.50. The second kappa shape index (κ2) is 4.44. The van der Waals surface area contributed by atoms with Gasteiger partial charge in [-0.25, -0.2) is 0 Å². The number of hydrogen-bond donors (Lipinski definition) is 2. The molecule has 1 aromatic rings. The minimum atomic E-state index is -0.539. The van der Waals surface area contributed by atoms with Gasteiger partial charge in [-0.05, 0) is 31.0 Å². The number of benzene rings is 1. The lowest BCUT2D eigenvalue weighted by molar-refractivity contribution is 0.164. The Labute approximate surface area is 84.5 Å². The molecular weight excluding hydrogens is 178 g/mol. The maximum atomic E-state index is 9.34. The van der Waals surface area contributed by atoms with Gasteiger partial charge in [0.25, 0.3) is 0 Å². The molecule has 0 aliphatic carbocycles. The molecule has 1 rings (SSSR count). The Morgan fingerprint density at radius 2 is 2.07 bits per heavy atom. The zero-order valence-corrected chi connectivity index (χ0v) is 8.82. The molecule has 0 aromatic heterocycles. The average Bonchev–Trinajstić information content (AvgIpc) is 2.16. The number of aryl methyl sites for hydroxylation is 1. The number of hydrogen-bond acceptors (Lipinski definition) is 3. The van der Waals surface area contributed by atoms with Crippen molar-refractivity contribution in [2.45, 2.75) is 26.0 Å². The van der Waals surface area contributed by atoms with Crippen molar-refractivity contribution in [1.82, 2.24) is 0 Å². The molecule has 3 N–H and O–H groups in total. The number of rotatable bonds is 3. The van der Waals surface area contributed by atoms with Gasteiger partial charge in [-0.2, -0.15) is 0 Å². The molecule has 0 fully saturated rings. The van der Waals surface area contributed by atoms with E-state index in [1.165, 1.54) is 0 Å². The maximum absolute atomic E-state index is 9.34. The summed E-state index contributed by atoms with van der Waals surface area (Å²) in [6.45, 7) is 3.64. The van der Waals surface area contributed by atoms with E-state index >= 15 is 0 Å². The third kappa shape index (κ3) is 2.25. The van der Waals surface area contributed by atoms with Crippen molar-refractivity contribution in [3.05, 3.63) is 29.3 Å². The number of aliphatic hydroxyl groups is 1. The van der Waals surface area contributed by atoms with Crippen molar-refractivity contribution >= 4 is 0 Å². The zero-order chi connectivity index (χ0) is 10.7. The monoisotopic (exact) mass is 195 g/mol. The van der Waals surface area contributed by atoms with Crippen LogP contribution in [0.4, 0.5) is 0 Å². The Morgan fingerprint density at radius 1 is 1.43 bits per heavy atom. The van der Waals surface area contributed by atoms with Crippen LogP contribution in [0.1, 0.15) is 24.1 Å². The molecule has 0 amide bonds. The van der Waals surface area contributed by atoms with Crippen LogP contribution in [0.25, 0.3) is 0 Å². The van der Waals surface area contributed by atoms with E-state index in [4.69, 9.17) is 10.5 Å². The Bertz CT molecular complexity index is 310. The van der Waals surface area contributed by atoms with E-state index in [1.54, 1.807) is 14.0 Å². The second-order valence-corrected chi connectivity index (χ2v) is 3.50. The highest BCUT2D eigenvalue weighted by Crippen LogP contribution is 2.22. The van der Waals surface area contributed by atoms with E-state index < -0.39 is 6.10 Å². The summed E-state index contributed by atoms with van der Waals surface area (Å²) < 4.78 is 5.14. The minimum Gasteiger partial charge on any atom is -0.496 e. The van der Waals surface area contributed by atoms with Gasteiger partial charge in [0.2, 0.25) is 0 Å². The Hall–Kier alpha value is -1.06. The van der Waals surface area contributed by atoms with Crippen molar-refractivity contribution in [3.8, 4) is 5.75 Å². The minimum absolute atomic E-state index is 0.334. The van der Waals surface area contributed by atoms with Gasteiger partial charge in [0, 0.05) is 0 Å². The van der Waals surface area contributed by atoms with E-state index in [0.29, 0.717) is 0 Å². The summed E-state index contributed by atoms with van der Waals surface area (Å²) in [5.41, 5.74) is 7.77. The van der Waals surface area contributed by atoms with Gasteiger partial charge in [0.1, 0.15) is 5.75 Å². The highest BCUT2D eigenvalue weighted by atomic mass is 16.5. The van der Waals surface area contributed by atoms with Gasteiger partial charge >= 0.3 is 0 Å². The molecule has 0 saturated heterocycles. The lowest BCUT2D eigenvalue weighted by Crippen LogP contribution is -2.23. The zero-order valence-electron chi connectivity index (χ0n) is 8.82. The first-order valence-electron chi connectivity index (χ1n) is 4.64. The average molecular weight is 195 g/mol. The standard InChI is InChI=1S/C11H17NO2/c1-7-6-9(11(12)8(2)13)4-5-10(7)14-3/h4-6,8,11,13H,12H2,1-3H3/t8-,11+/m0/s1. The van der Waals surface area contributed by atoms with Crippen LogP contribution in [0, 0.1) is 6.92 Å². The predicted molar refractivity (Wildman–Crippen MR) is 56.3 cm³/mol. The van der Waals surface area contributed by atoms with E-state index in [2.05, 4.69) is 0 Å². The summed E-state index contributed by atoms with van der Waals surface area (Å²) >= 11 is 0. The van der Waals surface area contributed by atoms with Gasteiger partial charge in [-0.3, -0.25) is 0 Å². The van der Waals surface area contributed by atoms with Crippen molar-refractivity contribution in [1.29, 1.82) is 0 Å². The smallest absolute Gasteiger partial charge is 0.121 e. The molecule has 0 bridgehead atoms. The lowest BCUT2D eigenvalue weighted by atomic mass is 10.0. The van der Waals surface area contributed by atoms with E-state index in [9.17, 15) is 5.11 Å². The summed E-state index contributed by atoms with van der Waals surface area (Å²) in [6.07, 6.45) is -0.539. The van der Waals surface area contributed by atoms with Crippen LogP contribution in [0.3, 0.4) is 0 Å². The van der Waals surface area contributed by atoms with E-state index in [-0.39, 0.29) is 6.04 Å². The molecule has 0 aliphatic heterocycles. The lowest BCUT2D eigenvalue weighted by Gasteiger charge is -2.16.